The molecule has 5 heteroatoms. The second kappa shape index (κ2) is 6.99. The van der Waals surface area contributed by atoms with Gasteiger partial charge in [0, 0.05) is 23.1 Å². The summed E-state index contributed by atoms with van der Waals surface area (Å²) in [7, 11) is 0. The minimum Gasteiger partial charge on any atom is -0.344 e. The van der Waals surface area contributed by atoms with E-state index in [2.05, 4.69) is 0 Å². The first-order valence-electron chi connectivity index (χ1n) is 6.30. The lowest BCUT2D eigenvalue weighted by Crippen LogP contribution is -2.29. The van der Waals surface area contributed by atoms with Crippen molar-refractivity contribution in [1.29, 1.82) is 0 Å². The molecule has 1 aromatic carbocycles. The molecule has 0 atom stereocenters. The molecular weight excluding hydrogens is 244 g/mol. The molecule has 0 unspecified atom stereocenters. The number of hydrogen-bond donors (Lipinski definition) is 1. The molecule has 0 saturated carbocycles. The van der Waals surface area contributed by atoms with Crippen LogP contribution in [-0.2, 0) is 0 Å². The van der Waals surface area contributed by atoms with E-state index >= 15 is 0 Å². The molecular formula is C14H22N2O3. The number of non-ortho nitro benzene ring substituents is 1. The predicted molar refractivity (Wildman–Crippen MR) is 75.8 cm³/mol. The zero-order chi connectivity index (χ0) is 13.8. The molecule has 0 aliphatic heterocycles. The van der Waals surface area contributed by atoms with Gasteiger partial charge in [-0.15, -0.1) is 0 Å². The van der Waals surface area contributed by atoms with Crippen LogP contribution in [0.5, 0.6) is 0 Å². The van der Waals surface area contributed by atoms with Crippen molar-refractivity contribution in [3.8, 4) is 0 Å². The van der Waals surface area contributed by atoms with Crippen LogP contribution in [0, 0.1) is 15.5 Å². The standard InChI is InChI=1S/C14H19NO3.H3N/c1-4-14(5-2,6-3)13(16)11-7-9-12(10-8-11)15(17)18;/h7-10H,4-6H2,1-3H3;1H3. The molecule has 0 heterocycles. The number of carbonyl (C=O) groups is 1. The molecule has 1 rings (SSSR count). The molecule has 0 aliphatic carbocycles. The summed E-state index contributed by atoms with van der Waals surface area (Å²) in [6, 6.07) is 5.88. The number of benzene rings is 1. The van der Waals surface area contributed by atoms with Crippen LogP contribution in [0.3, 0.4) is 0 Å². The molecule has 0 bridgehead atoms. The maximum absolute atomic E-state index is 12.5. The summed E-state index contributed by atoms with van der Waals surface area (Å²) in [5, 5.41) is 10.6. The zero-order valence-electron chi connectivity index (χ0n) is 11.8. The number of carbonyl (C=O) groups excluding carboxylic acids is 1. The lowest BCUT2D eigenvalue weighted by atomic mass is 9.74. The van der Waals surface area contributed by atoms with Gasteiger partial charge in [-0.2, -0.15) is 0 Å². The monoisotopic (exact) mass is 266 g/mol. The minimum atomic E-state index is -0.457. The summed E-state index contributed by atoms with van der Waals surface area (Å²) >= 11 is 0. The fourth-order valence-corrected chi connectivity index (χ4v) is 2.27. The first-order chi connectivity index (χ1) is 8.50. The van der Waals surface area contributed by atoms with Gasteiger partial charge in [0.25, 0.3) is 5.69 Å². The molecule has 5 nitrogen and oxygen atoms in total. The highest BCUT2D eigenvalue weighted by Crippen LogP contribution is 2.34. The molecule has 19 heavy (non-hydrogen) atoms. The van der Waals surface area contributed by atoms with Crippen LogP contribution in [0.4, 0.5) is 5.69 Å². The highest BCUT2D eigenvalue weighted by Gasteiger charge is 2.33. The molecule has 3 N–H and O–H groups in total. The summed E-state index contributed by atoms with van der Waals surface area (Å²) in [5.74, 6) is 0.0879. The first kappa shape index (κ1) is 17.2. The average Bonchev–Trinajstić information content (AvgIpc) is 2.41. The van der Waals surface area contributed by atoms with E-state index < -0.39 is 4.92 Å². The second-order valence-corrected chi connectivity index (χ2v) is 4.47. The van der Waals surface area contributed by atoms with Crippen LogP contribution in [0.25, 0.3) is 0 Å². The number of nitro benzene ring substituents is 1. The maximum Gasteiger partial charge on any atom is 0.269 e. The van der Waals surface area contributed by atoms with Crippen molar-refractivity contribution in [1.82, 2.24) is 6.15 Å². The molecule has 0 spiro atoms. The van der Waals surface area contributed by atoms with Gasteiger partial charge in [-0.1, -0.05) is 20.8 Å². The number of hydrogen-bond acceptors (Lipinski definition) is 4. The van der Waals surface area contributed by atoms with E-state index in [0.29, 0.717) is 5.56 Å². The summed E-state index contributed by atoms with van der Waals surface area (Å²) < 4.78 is 0. The molecule has 0 aliphatic rings. The van der Waals surface area contributed by atoms with Crippen molar-refractivity contribution < 1.29 is 9.72 Å². The predicted octanol–water partition coefficient (Wildman–Crippen LogP) is 4.16. The minimum absolute atomic E-state index is 0. The van der Waals surface area contributed by atoms with Crippen molar-refractivity contribution in [3.63, 3.8) is 0 Å². The Balaban J connectivity index is 0.00000324. The molecule has 0 amide bonds. The second-order valence-electron chi connectivity index (χ2n) is 4.47. The van der Waals surface area contributed by atoms with Gasteiger partial charge in [0.2, 0.25) is 0 Å². The van der Waals surface area contributed by atoms with E-state index in [1.54, 1.807) is 12.1 Å². The van der Waals surface area contributed by atoms with Crippen molar-refractivity contribution in [2.75, 3.05) is 0 Å². The Morgan fingerprint density at radius 1 is 1.11 bits per heavy atom. The molecule has 0 fully saturated rings. The average molecular weight is 266 g/mol. The van der Waals surface area contributed by atoms with Gasteiger partial charge >= 0.3 is 0 Å². The Bertz CT molecular complexity index is 428. The van der Waals surface area contributed by atoms with Gasteiger partial charge in [0.05, 0.1) is 4.92 Å². The molecule has 106 valence electrons. The third kappa shape index (κ3) is 3.38. The van der Waals surface area contributed by atoms with Gasteiger partial charge in [0.15, 0.2) is 5.78 Å². The Kier molecular flexibility index (Phi) is 6.35. The number of rotatable bonds is 6. The summed E-state index contributed by atoms with van der Waals surface area (Å²) in [6.45, 7) is 6.03. The number of nitro groups is 1. The summed E-state index contributed by atoms with van der Waals surface area (Å²) in [6.07, 6.45) is 2.36. The Morgan fingerprint density at radius 3 is 1.84 bits per heavy atom. The Hall–Kier alpha value is -1.75. The first-order valence-corrected chi connectivity index (χ1v) is 6.30. The molecule has 0 saturated heterocycles. The lowest BCUT2D eigenvalue weighted by Gasteiger charge is -2.28. The van der Waals surface area contributed by atoms with Gasteiger partial charge in [0.1, 0.15) is 0 Å². The lowest BCUT2D eigenvalue weighted by molar-refractivity contribution is -0.384. The van der Waals surface area contributed by atoms with E-state index in [1.165, 1.54) is 12.1 Å². The largest absolute Gasteiger partial charge is 0.344 e. The fraction of sp³-hybridized carbons (Fsp3) is 0.500. The van der Waals surface area contributed by atoms with Crippen molar-refractivity contribution in [2.24, 2.45) is 5.41 Å². The molecule has 0 radical (unpaired) electrons. The fourth-order valence-electron chi connectivity index (χ4n) is 2.27. The normalized spacial score (nSPS) is 10.7. The van der Waals surface area contributed by atoms with Crippen LogP contribution in [0.1, 0.15) is 50.4 Å². The van der Waals surface area contributed by atoms with E-state index in [1.807, 2.05) is 20.8 Å². The summed E-state index contributed by atoms with van der Waals surface area (Å²) in [4.78, 5) is 22.6. The van der Waals surface area contributed by atoms with E-state index in [-0.39, 0.29) is 23.0 Å². The zero-order valence-corrected chi connectivity index (χ0v) is 11.8. The Labute approximate surface area is 113 Å². The molecule has 1 aromatic rings. The van der Waals surface area contributed by atoms with Crippen LogP contribution < -0.4 is 6.15 Å². The van der Waals surface area contributed by atoms with Crippen LogP contribution in [-0.4, -0.2) is 10.7 Å². The van der Waals surface area contributed by atoms with Crippen molar-refractivity contribution in [2.45, 2.75) is 40.0 Å². The number of ketones is 1. The topological polar surface area (TPSA) is 95.2 Å². The van der Waals surface area contributed by atoms with Gasteiger partial charge in [-0.3, -0.25) is 14.9 Å². The smallest absolute Gasteiger partial charge is 0.269 e. The van der Waals surface area contributed by atoms with Crippen LogP contribution in [0.2, 0.25) is 0 Å². The summed E-state index contributed by atoms with van der Waals surface area (Å²) in [5.41, 5.74) is 0.239. The number of nitrogens with zero attached hydrogens (tertiary/aromatic N) is 1. The number of Topliss-reactive ketones (excluding diaryl/α,β-unsaturated/α-hetero) is 1. The molecule has 0 aromatic heterocycles. The van der Waals surface area contributed by atoms with Crippen molar-refractivity contribution >= 4 is 11.5 Å². The van der Waals surface area contributed by atoms with E-state index in [0.717, 1.165) is 19.3 Å². The van der Waals surface area contributed by atoms with Crippen molar-refractivity contribution in [3.05, 3.63) is 39.9 Å². The van der Waals surface area contributed by atoms with Crippen LogP contribution >= 0.6 is 0 Å². The SMILES string of the molecule is CCC(CC)(CC)C(=O)c1ccc([N+](=O)[O-])cc1.N. The van der Waals surface area contributed by atoms with Gasteiger partial charge < -0.3 is 6.15 Å². The third-order valence-corrected chi connectivity index (χ3v) is 3.85. The van der Waals surface area contributed by atoms with E-state index in [9.17, 15) is 14.9 Å². The Morgan fingerprint density at radius 2 is 1.53 bits per heavy atom. The van der Waals surface area contributed by atoms with E-state index in [4.69, 9.17) is 0 Å². The highest BCUT2D eigenvalue weighted by atomic mass is 16.6. The maximum atomic E-state index is 12.5. The highest BCUT2D eigenvalue weighted by molar-refractivity contribution is 6.00. The third-order valence-electron chi connectivity index (χ3n) is 3.85. The van der Waals surface area contributed by atoms with Crippen LogP contribution in [0.15, 0.2) is 24.3 Å². The quantitative estimate of drug-likeness (QED) is 0.475. The van der Waals surface area contributed by atoms with Gasteiger partial charge in [-0.25, -0.2) is 0 Å². The van der Waals surface area contributed by atoms with Gasteiger partial charge in [-0.05, 0) is 31.4 Å².